The Balaban J connectivity index is 2.70. The van der Waals surface area contributed by atoms with Crippen molar-refractivity contribution in [3.63, 3.8) is 0 Å². The monoisotopic (exact) mass is 275 g/mol. The average molecular weight is 275 g/mol. The Morgan fingerprint density at radius 1 is 1.50 bits per heavy atom. The summed E-state index contributed by atoms with van der Waals surface area (Å²) >= 11 is 0. The Hall–Kier alpha value is -0.880. The Bertz CT molecular complexity index is 408. The van der Waals surface area contributed by atoms with E-state index in [1.54, 1.807) is 0 Å². The highest BCUT2D eigenvalue weighted by Crippen LogP contribution is 2.38. The molecule has 1 aliphatic carbocycles. The summed E-state index contributed by atoms with van der Waals surface area (Å²) in [5.74, 6) is -0.572. The quantitative estimate of drug-likeness (QED) is 0.717. The highest BCUT2D eigenvalue weighted by Gasteiger charge is 2.41. The van der Waals surface area contributed by atoms with Crippen molar-refractivity contribution < 1.29 is 18.3 Å². The van der Waals surface area contributed by atoms with Crippen molar-refractivity contribution >= 4 is 16.0 Å². The fraction of sp³-hybridized carbons (Fsp3) is 0.750. The number of carboxylic acid groups (broad SMARTS) is 1. The number of hydrogen-bond donors (Lipinski definition) is 2. The van der Waals surface area contributed by atoms with Crippen LogP contribution in [0.2, 0.25) is 0 Å². The lowest BCUT2D eigenvalue weighted by molar-refractivity contribution is -0.151. The molecule has 0 radical (unpaired) electrons. The molecular formula is C12H21NO4S. The van der Waals surface area contributed by atoms with E-state index < -0.39 is 21.4 Å². The van der Waals surface area contributed by atoms with Gasteiger partial charge in [0.1, 0.15) is 0 Å². The third kappa shape index (κ3) is 3.81. The zero-order chi connectivity index (χ0) is 13.8. The number of aliphatic carboxylic acids is 1. The van der Waals surface area contributed by atoms with Crippen molar-refractivity contribution in [1.82, 2.24) is 4.72 Å². The summed E-state index contributed by atoms with van der Waals surface area (Å²) < 4.78 is 25.4. The van der Waals surface area contributed by atoms with E-state index in [1.807, 2.05) is 0 Å². The Kier molecular flexibility index (Phi) is 4.92. The number of carboxylic acids is 1. The van der Waals surface area contributed by atoms with Crippen LogP contribution in [0.25, 0.3) is 0 Å². The van der Waals surface area contributed by atoms with E-state index in [0.717, 1.165) is 12.8 Å². The molecule has 0 unspecified atom stereocenters. The molecule has 6 heteroatoms. The molecule has 0 amide bonds. The van der Waals surface area contributed by atoms with Gasteiger partial charge in [-0.25, -0.2) is 13.1 Å². The Labute approximate surface area is 108 Å². The fourth-order valence-electron chi connectivity index (χ4n) is 2.24. The third-order valence-electron chi connectivity index (χ3n) is 3.65. The average Bonchev–Trinajstić information content (AvgIpc) is 2.28. The normalized spacial score (nSPS) is 28.8. The van der Waals surface area contributed by atoms with E-state index in [0.29, 0.717) is 18.8 Å². The maximum atomic E-state index is 11.5. The molecule has 1 fully saturated rings. The van der Waals surface area contributed by atoms with Crippen molar-refractivity contribution in [2.45, 2.75) is 32.6 Å². The number of sulfonamides is 1. The lowest BCUT2D eigenvalue weighted by Gasteiger charge is -2.35. The largest absolute Gasteiger partial charge is 0.481 e. The third-order valence-corrected chi connectivity index (χ3v) is 4.91. The summed E-state index contributed by atoms with van der Waals surface area (Å²) in [6.45, 7) is 5.44. The molecule has 1 saturated carbocycles. The van der Waals surface area contributed by atoms with Crippen LogP contribution in [-0.4, -0.2) is 31.8 Å². The van der Waals surface area contributed by atoms with Crippen LogP contribution in [0.15, 0.2) is 12.7 Å². The second kappa shape index (κ2) is 5.84. The van der Waals surface area contributed by atoms with Gasteiger partial charge >= 0.3 is 5.97 Å². The molecule has 0 atom stereocenters. The first kappa shape index (κ1) is 15.2. The zero-order valence-corrected chi connectivity index (χ0v) is 11.5. The summed E-state index contributed by atoms with van der Waals surface area (Å²) in [4.78, 5) is 11.4. The van der Waals surface area contributed by atoms with E-state index in [1.165, 1.54) is 6.08 Å². The number of hydrogen-bond acceptors (Lipinski definition) is 3. The molecule has 1 aliphatic rings. The molecule has 5 nitrogen and oxygen atoms in total. The highest BCUT2D eigenvalue weighted by molar-refractivity contribution is 7.89. The van der Waals surface area contributed by atoms with Gasteiger partial charge in [-0.2, -0.15) is 0 Å². The second-order valence-electron chi connectivity index (χ2n) is 5.16. The van der Waals surface area contributed by atoms with E-state index in [-0.39, 0.29) is 12.3 Å². The molecule has 2 N–H and O–H groups in total. The lowest BCUT2D eigenvalue weighted by atomic mass is 9.71. The van der Waals surface area contributed by atoms with Gasteiger partial charge < -0.3 is 5.11 Å². The van der Waals surface area contributed by atoms with Crippen LogP contribution in [0.3, 0.4) is 0 Å². The van der Waals surface area contributed by atoms with Gasteiger partial charge in [-0.3, -0.25) is 4.79 Å². The van der Waals surface area contributed by atoms with Gasteiger partial charge in [-0.1, -0.05) is 13.0 Å². The van der Waals surface area contributed by atoms with Crippen molar-refractivity contribution in [3.05, 3.63) is 12.7 Å². The molecule has 104 valence electrons. The summed E-state index contributed by atoms with van der Waals surface area (Å²) in [7, 11) is -3.45. The fourth-order valence-corrected chi connectivity index (χ4v) is 3.17. The molecule has 1 rings (SSSR count). The molecule has 18 heavy (non-hydrogen) atoms. The van der Waals surface area contributed by atoms with Crippen molar-refractivity contribution in [2.24, 2.45) is 11.3 Å². The van der Waals surface area contributed by atoms with E-state index in [2.05, 4.69) is 18.2 Å². The smallest absolute Gasteiger partial charge is 0.310 e. The first-order chi connectivity index (χ1) is 8.31. The molecule has 0 spiro atoms. The van der Waals surface area contributed by atoms with Crippen LogP contribution >= 0.6 is 0 Å². The van der Waals surface area contributed by atoms with Gasteiger partial charge in [-0.05, 0) is 31.6 Å². The van der Waals surface area contributed by atoms with Crippen LogP contribution in [0.5, 0.6) is 0 Å². The summed E-state index contributed by atoms with van der Waals surface area (Å²) in [6, 6.07) is 0. The minimum absolute atomic E-state index is 0.0226. The molecule has 0 aliphatic heterocycles. The van der Waals surface area contributed by atoms with Crippen LogP contribution in [0, 0.1) is 11.3 Å². The molecule has 0 bridgehead atoms. The highest BCUT2D eigenvalue weighted by atomic mass is 32.2. The standard InChI is InChI=1S/C12H21NO4S/c1-3-8-18(16,17)13-9-12(11(14)15)6-4-10(2)5-7-12/h3,10,13H,1,4-9H2,2H3,(H,14,15). The van der Waals surface area contributed by atoms with E-state index in [9.17, 15) is 18.3 Å². The number of nitrogens with one attached hydrogen (secondary N) is 1. The lowest BCUT2D eigenvalue weighted by Crippen LogP contribution is -2.45. The molecular weight excluding hydrogens is 254 g/mol. The van der Waals surface area contributed by atoms with E-state index >= 15 is 0 Å². The summed E-state index contributed by atoms with van der Waals surface area (Å²) in [5, 5.41) is 9.35. The summed E-state index contributed by atoms with van der Waals surface area (Å²) in [5.41, 5.74) is -0.944. The van der Waals surface area contributed by atoms with Gasteiger partial charge in [0.05, 0.1) is 11.2 Å². The van der Waals surface area contributed by atoms with E-state index in [4.69, 9.17) is 0 Å². The maximum Gasteiger partial charge on any atom is 0.310 e. The number of carbonyl (C=O) groups is 1. The molecule has 0 aromatic heterocycles. The first-order valence-corrected chi connectivity index (χ1v) is 7.78. The maximum absolute atomic E-state index is 11.5. The van der Waals surface area contributed by atoms with Crippen LogP contribution in [0.4, 0.5) is 0 Å². The predicted molar refractivity (Wildman–Crippen MR) is 69.7 cm³/mol. The van der Waals surface area contributed by atoms with Crippen molar-refractivity contribution in [3.8, 4) is 0 Å². The van der Waals surface area contributed by atoms with Crippen molar-refractivity contribution in [2.75, 3.05) is 12.3 Å². The van der Waals surface area contributed by atoms with Gasteiger partial charge in [0.25, 0.3) is 0 Å². The second-order valence-corrected chi connectivity index (χ2v) is 7.01. The Morgan fingerprint density at radius 3 is 2.50 bits per heavy atom. The van der Waals surface area contributed by atoms with Crippen LogP contribution in [-0.2, 0) is 14.8 Å². The summed E-state index contributed by atoms with van der Waals surface area (Å²) in [6.07, 6.45) is 4.00. The van der Waals surface area contributed by atoms with Gasteiger partial charge in [-0.15, -0.1) is 6.58 Å². The predicted octanol–water partition coefficient (Wildman–Crippen LogP) is 1.37. The SMILES string of the molecule is C=CCS(=O)(=O)NCC1(C(=O)O)CCC(C)CC1. The molecule has 0 aromatic carbocycles. The molecule has 0 saturated heterocycles. The number of rotatable bonds is 6. The molecule has 0 aromatic rings. The first-order valence-electron chi connectivity index (χ1n) is 6.13. The van der Waals surface area contributed by atoms with Crippen molar-refractivity contribution in [1.29, 1.82) is 0 Å². The molecule has 0 heterocycles. The minimum Gasteiger partial charge on any atom is -0.481 e. The van der Waals surface area contributed by atoms with Crippen LogP contribution in [0.1, 0.15) is 32.6 Å². The van der Waals surface area contributed by atoms with Crippen LogP contribution < -0.4 is 4.72 Å². The van der Waals surface area contributed by atoms with Gasteiger partial charge in [0, 0.05) is 6.54 Å². The topological polar surface area (TPSA) is 83.5 Å². The minimum atomic E-state index is -3.45. The van der Waals surface area contributed by atoms with Gasteiger partial charge in [0.2, 0.25) is 10.0 Å². The Morgan fingerprint density at radius 2 is 2.06 bits per heavy atom. The zero-order valence-electron chi connectivity index (χ0n) is 10.7. The van der Waals surface area contributed by atoms with Gasteiger partial charge in [0.15, 0.2) is 0 Å².